The first-order valence-electron chi connectivity index (χ1n) is 6.18. The molecule has 3 rings (SSSR count). The first-order valence-corrected chi connectivity index (χ1v) is 6.18. The molecule has 2 aromatic rings. The molecule has 0 fully saturated rings. The summed E-state index contributed by atoms with van der Waals surface area (Å²) < 4.78 is 13.3. The molecule has 2 aromatic carbocycles. The molecule has 18 heavy (non-hydrogen) atoms. The number of benzene rings is 2. The van der Waals surface area contributed by atoms with Gasteiger partial charge in [0.25, 0.3) is 0 Å². The van der Waals surface area contributed by atoms with Crippen LogP contribution in [0.15, 0.2) is 42.5 Å². The zero-order chi connectivity index (χ0) is 12.8. The van der Waals surface area contributed by atoms with Gasteiger partial charge in [0, 0.05) is 0 Å². The number of hydrogen-bond acceptors (Lipinski definition) is 1. The minimum atomic E-state index is -1.04. The molecule has 1 N–H and O–H groups in total. The third-order valence-corrected chi connectivity index (χ3v) is 3.77. The topological polar surface area (TPSA) is 20.2 Å². The number of rotatable bonds is 1. The van der Waals surface area contributed by atoms with Crippen LogP contribution in [0.5, 0.6) is 0 Å². The van der Waals surface area contributed by atoms with E-state index in [0.29, 0.717) is 12.0 Å². The summed E-state index contributed by atoms with van der Waals surface area (Å²) in [4.78, 5) is 0. The van der Waals surface area contributed by atoms with E-state index in [0.717, 1.165) is 23.1 Å². The summed E-state index contributed by atoms with van der Waals surface area (Å²) in [6.45, 7) is 2.00. The average molecular weight is 242 g/mol. The molecular formula is C16H15FO. The fraction of sp³-hybridized carbons (Fsp3) is 0.250. The standard InChI is InChI=1S/C16H15FO/c1-11-5-6-12-7-8-16(18,15(12)9-11)13-3-2-4-14(17)10-13/h2-6,9-10,18H,7-8H2,1H3. The van der Waals surface area contributed by atoms with Crippen LogP contribution in [0.2, 0.25) is 0 Å². The molecule has 1 nitrogen and oxygen atoms in total. The highest BCUT2D eigenvalue weighted by Crippen LogP contribution is 2.42. The molecule has 1 atom stereocenters. The number of fused-ring (bicyclic) bond motifs is 1. The summed E-state index contributed by atoms with van der Waals surface area (Å²) in [5, 5.41) is 10.9. The van der Waals surface area contributed by atoms with Crippen LogP contribution in [0, 0.1) is 12.7 Å². The van der Waals surface area contributed by atoms with Gasteiger partial charge in [0.1, 0.15) is 11.4 Å². The molecule has 2 heteroatoms. The predicted octanol–water partition coefficient (Wildman–Crippen LogP) is 3.32. The van der Waals surface area contributed by atoms with Crippen LogP contribution in [0.1, 0.15) is 28.7 Å². The Morgan fingerprint density at radius 1 is 1.17 bits per heavy atom. The highest BCUT2D eigenvalue weighted by molar-refractivity contribution is 5.46. The van der Waals surface area contributed by atoms with E-state index in [1.165, 1.54) is 12.1 Å². The van der Waals surface area contributed by atoms with Gasteiger partial charge in [-0.2, -0.15) is 0 Å². The second-order valence-electron chi connectivity index (χ2n) is 5.03. The van der Waals surface area contributed by atoms with Crippen molar-refractivity contribution >= 4 is 0 Å². The predicted molar refractivity (Wildman–Crippen MR) is 68.9 cm³/mol. The summed E-state index contributed by atoms with van der Waals surface area (Å²) >= 11 is 0. The maximum Gasteiger partial charge on any atom is 0.123 e. The lowest BCUT2D eigenvalue weighted by Crippen LogP contribution is -2.24. The van der Waals surface area contributed by atoms with Crippen LogP contribution in [-0.2, 0) is 12.0 Å². The lowest BCUT2D eigenvalue weighted by Gasteiger charge is -2.25. The van der Waals surface area contributed by atoms with Gasteiger partial charge in [-0.3, -0.25) is 0 Å². The second kappa shape index (κ2) is 3.92. The van der Waals surface area contributed by atoms with Crippen LogP contribution in [0.3, 0.4) is 0 Å². The maximum atomic E-state index is 13.3. The second-order valence-corrected chi connectivity index (χ2v) is 5.03. The third kappa shape index (κ3) is 1.65. The molecule has 92 valence electrons. The molecule has 0 radical (unpaired) electrons. The Morgan fingerprint density at radius 2 is 2.00 bits per heavy atom. The molecule has 0 heterocycles. The first-order chi connectivity index (χ1) is 8.59. The van der Waals surface area contributed by atoms with Crippen molar-refractivity contribution in [1.29, 1.82) is 0 Å². The van der Waals surface area contributed by atoms with Gasteiger partial charge >= 0.3 is 0 Å². The van der Waals surface area contributed by atoms with E-state index in [4.69, 9.17) is 0 Å². The summed E-state index contributed by atoms with van der Waals surface area (Å²) in [6, 6.07) is 12.4. The van der Waals surface area contributed by atoms with E-state index in [2.05, 4.69) is 12.1 Å². The minimum Gasteiger partial charge on any atom is -0.380 e. The van der Waals surface area contributed by atoms with Gasteiger partial charge in [0.2, 0.25) is 0 Å². The largest absolute Gasteiger partial charge is 0.380 e. The Hall–Kier alpha value is -1.67. The molecule has 0 saturated heterocycles. The van der Waals surface area contributed by atoms with Gasteiger partial charge in [0.15, 0.2) is 0 Å². The molecular weight excluding hydrogens is 227 g/mol. The van der Waals surface area contributed by atoms with Crippen molar-refractivity contribution in [3.63, 3.8) is 0 Å². The highest BCUT2D eigenvalue weighted by Gasteiger charge is 2.38. The highest BCUT2D eigenvalue weighted by atomic mass is 19.1. The maximum absolute atomic E-state index is 13.3. The average Bonchev–Trinajstić information content (AvgIpc) is 2.68. The van der Waals surface area contributed by atoms with Gasteiger partial charge in [-0.1, -0.05) is 35.9 Å². The van der Waals surface area contributed by atoms with Crippen molar-refractivity contribution in [3.8, 4) is 0 Å². The quantitative estimate of drug-likeness (QED) is 0.813. The van der Waals surface area contributed by atoms with Gasteiger partial charge in [-0.25, -0.2) is 4.39 Å². The number of aryl methyl sites for hydroxylation is 2. The fourth-order valence-corrected chi connectivity index (χ4v) is 2.79. The normalized spacial score (nSPS) is 21.9. The molecule has 0 aromatic heterocycles. The van der Waals surface area contributed by atoms with Crippen LogP contribution in [-0.4, -0.2) is 5.11 Å². The van der Waals surface area contributed by atoms with E-state index < -0.39 is 5.60 Å². The van der Waals surface area contributed by atoms with Gasteiger partial charge in [0.05, 0.1) is 0 Å². The summed E-state index contributed by atoms with van der Waals surface area (Å²) in [5.74, 6) is -0.304. The van der Waals surface area contributed by atoms with E-state index in [1.54, 1.807) is 12.1 Å². The molecule has 0 bridgehead atoms. The lowest BCUT2D eigenvalue weighted by molar-refractivity contribution is 0.0825. The van der Waals surface area contributed by atoms with Crippen LogP contribution < -0.4 is 0 Å². The van der Waals surface area contributed by atoms with E-state index in [-0.39, 0.29) is 5.82 Å². The minimum absolute atomic E-state index is 0.304. The van der Waals surface area contributed by atoms with Crippen LogP contribution in [0.25, 0.3) is 0 Å². The zero-order valence-electron chi connectivity index (χ0n) is 10.3. The molecule has 0 spiro atoms. The fourth-order valence-electron chi connectivity index (χ4n) is 2.79. The van der Waals surface area contributed by atoms with Crippen LogP contribution in [0.4, 0.5) is 4.39 Å². The summed E-state index contributed by atoms with van der Waals surface area (Å²) in [7, 11) is 0. The smallest absolute Gasteiger partial charge is 0.123 e. The summed E-state index contributed by atoms with van der Waals surface area (Å²) in [5.41, 5.74) is 2.81. The van der Waals surface area contributed by atoms with E-state index in [1.807, 2.05) is 13.0 Å². The van der Waals surface area contributed by atoms with Crippen molar-refractivity contribution in [2.45, 2.75) is 25.4 Å². The third-order valence-electron chi connectivity index (χ3n) is 3.77. The molecule has 1 aliphatic carbocycles. The molecule has 0 amide bonds. The van der Waals surface area contributed by atoms with Crippen molar-refractivity contribution in [3.05, 3.63) is 70.5 Å². The van der Waals surface area contributed by atoms with Crippen molar-refractivity contribution in [2.24, 2.45) is 0 Å². The lowest BCUT2D eigenvalue weighted by atomic mass is 9.87. The van der Waals surface area contributed by atoms with Gasteiger partial charge < -0.3 is 5.11 Å². The number of aliphatic hydroxyl groups is 1. The van der Waals surface area contributed by atoms with E-state index >= 15 is 0 Å². The Balaban J connectivity index is 2.16. The molecule has 1 unspecified atom stereocenters. The van der Waals surface area contributed by atoms with Crippen LogP contribution >= 0.6 is 0 Å². The van der Waals surface area contributed by atoms with Gasteiger partial charge in [-0.05, 0) is 48.6 Å². The van der Waals surface area contributed by atoms with E-state index in [9.17, 15) is 9.50 Å². The summed E-state index contributed by atoms with van der Waals surface area (Å²) in [6.07, 6.45) is 1.46. The van der Waals surface area contributed by atoms with Crippen molar-refractivity contribution < 1.29 is 9.50 Å². The molecule has 0 saturated carbocycles. The number of hydrogen-bond donors (Lipinski definition) is 1. The Bertz CT molecular complexity index is 606. The first kappa shape index (κ1) is 11.4. The molecule has 0 aliphatic heterocycles. The monoisotopic (exact) mass is 242 g/mol. The SMILES string of the molecule is Cc1ccc2c(c1)C(O)(c1cccc(F)c1)CC2. The Morgan fingerprint density at radius 3 is 2.78 bits per heavy atom. The zero-order valence-corrected chi connectivity index (χ0v) is 10.3. The van der Waals surface area contributed by atoms with Crippen molar-refractivity contribution in [1.82, 2.24) is 0 Å². The van der Waals surface area contributed by atoms with Gasteiger partial charge in [-0.15, -0.1) is 0 Å². The Kier molecular flexibility index (Phi) is 2.49. The number of halogens is 1. The molecule has 1 aliphatic rings. The van der Waals surface area contributed by atoms with Crippen molar-refractivity contribution in [2.75, 3.05) is 0 Å². The Labute approximate surface area is 106 Å².